The van der Waals surface area contributed by atoms with Gasteiger partial charge in [0.25, 0.3) is 0 Å². The molecule has 0 amide bonds. The molecule has 0 aliphatic carbocycles. The highest BCUT2D eigenvalue weighted by atomic mass is 19.4. The average Bonchev–Trinajstić information content (AvgIpc) is 2.72. The molecular weight excluding hydrogens is 527 g/mol. The lowest BCUT2D eigenvalue weighted by Crippen LogP contribution is -2.70. The molecule has 0 saturated heterocycles. The van der Waals surface area contributed by atoms with Gasteiger partial charge in [-0.05, 0) is 18.2 Å². The molecule has 0 aliphatic rings. The summed E-state index contributed by atoms with van der Waals surface area (Å²) in [5.74, 6) is -40.5. The third-order valence-corrected chi connectivity index (χ3v) is 4.10. The molecule has 0 radical (unpaired) electrons. The van der Waals surface area contributed by atoms with E-state index < -0.39 is 66.3 Å². The van der Waals surface area contributed by atoms with Crippen LogP contribution in [0.4, 0.5) is 57.1 Å². The van der Waals surface area contributed by atoms with E-state index in [4.69, 9.17) is 0 Å². The minimum atomic E-state index is -8.01. The Balaban J connectivity index is 3.04. The summed E-state index contributed by atoms with van der Waals surface area (Å²) < 4.78 is 178. The Bertz CT molecular complexity index is 954. The van der Waals surface area contributed by atoms with Crippen molar-refractivity contribution in [3.8, 4) is 5.75 Å². The summed E-state index contributed by atoms with van der Waals surface area (Å²) in [4.78, 5) is 22.9. The zero-order valence-corrected chi connectivity index (χ0v) is 16.6. The van der Waals surface area contributed by atoms with Crippen molar-refractivity contribution in [3.05, 3.63) is 42.5 Å². The first-order valence-electron chi connectivity index (χ1n) is 8.64. The smallest absolute Gasteiger partial charge is 0.460 e. The van der Waals surface area contributed by atoms with Crippen molar-refractivity contribution in [1.29, 1.82) is 0 Å². The molecule has 198 valence electrons. The SMILES string of the molecule is C=CC(=O)Oc1cccc(C(=O)OCCC(F)(F)C(F)(F)C(F)(F)C(F)(F)C(F)(F)C(F)(F)F)c1. The Morgan fingerprint density at radius 1 is 0.800 bits per heavy atom. The summed E-state index contributed by atoms with van der Waals surface area (Å²) >= 11 is 0. The predicted octanol–water partition coefficient (Wildman–Crippen LogP) is 6.06. The van der Waals surface area contributed by atoms with E-state index in [1.165, 1.54) is 0 Å². The van der Waals surface area contributed by atoms with Crippen LogP contribution in [0, 0.1) is 0 Å². The highest BCUT2D eigenvalue weighted by Crippen LogP contribution is 2.60. The number of hydrogen-bond donors (Lipinski definition) is 0. The number of halogens is 13. The van der Waals surface area contributed by atoms with Gasteiger partial charge in [-0.25, -0.2) is 9.59 Å². The van der Waals surface area contributed by atoms with Crippen LogP contribution in [-0.4, -0.2) is 54.3 Å². The van der Waals surface area contributed by atoms with Crippen molar-refractivity contribution in [2.75, 3.05) is 6.61 Å². The van der Waals surface area contributed by atoms with Crippen LogP contribution in [0.3, 0.4) is 0 Å². The van der Waals surface area contributed by atoms with Gasteiger partial charge in [-0.15, -0.1) is 0 Å². The van der Waals surface area contributed by atoms with Crippen LogP contribution in [0.15, 0.2) is 36.9 Å². The van der Waals surface area contributed by atoms with E-state index in [1.807, 2.05) is 0 Å². The largest absolute Gasteiger partial charge is 0.462 e. The summed E-state index contributed by atoms with van der Waals surface area (Å²) in [6, 6.07) is 3.83. The van der Waals surface area contributed by atoms with Crippen molar-refractivity contribution >= 4 is 11.9 Å². The van der Waals surface area contributed by atoms with Crippen LogP contribution in [0.2, 0.25) is 0 Å². The fraction of sp³-hybridized carbons (Fsp3) is 0.444. The summed E-state index contributed by atoms with van der Waals surface area (Å²) in [6.45, 7) is 1.15. The van der Waals surface area contributed by atoms with E-state index in [0.29, 0.717) is 6.08 Å². The van der Waals surface area contributed by atoms with Gasteiger partial charge in [-0.3, -0.25) is 0 Å². The number of carbonyl (C=O) groups excluding carboxylic acids is 2. The Hall–Kier alpha value is -3.01. The second-order valence-corrected chi connectivity index (χ2v) is 6.54. The van der Waals surface area contributed by atoms with Crippen LogP contribution in [0.5, 0.6) is 5.75 Å². The number of hydrogen-bond acceptors (Lipinski definition) is 4. The Morgan fingerprint density at radius 3 is 1.80 bits per heavy atom. The summed E-state index contributed by atoms with van der Waals surface area (Å²) in [5, 5.41) is 0. The van der Waals surface area contributed by atoms with Gasteiger partial charge < -0.3 is 9.47 Å². The summed E-state index contributed by atoms with van der Waals surface area (Å²) in [5.41, 5.74) is -0.573. The first-order valence-corrected chi connectivity index (χ1v) is 8.64. The first-order chi connectivity index (χ1) is 15.6. The molecule has 0 aliphatic heterocycles. The van der Waals surface area contributed by atoms with Gasteiger partial charge in [0.05, 0.1) is 18.6 Å². The maximum absolute atomic E-state index is 13.7. The standard InChI is InChI=1S/C18H11F13O4/c1-2-11(32)35-10-5-3-4-9(8-10)12(33)34-7-6-13(19,20)14(21,22)15(23,24)16(25,26)17(27,28)18(29,30)31/h2-5,8H,1,6-7H2. The van der Waals surface area contributed by atoms with E-state index in [1.54, 1.807) is 0 Å². The van der Waals surface area contributed by atoms with Gasteiger partial charge in [0, 0.05) is 6.08 Å². The minimum absolute atomic E-state index is 0.325. The normalized spacial score (nSPS) is 13.9. The number of alkyl halides is 13. The number of benzene rings is 1. The average molecular weight is 538 g/mol. The summed E-state index contributed by atoms with van der Waals surface area (Å²) in [6.07, 6.45) is -9.49. The Kier molecular flexibility index (Phi) is 8.20. The first kappa shape index (κ1) is 30.0. The fourth-order valence-corrected chi connectivity index (χ4v) is 2.16. The molecule has 0 atom stereocenters. The molecule has 0 heterocycles. The third kappa shape index (κ3) is 5.47. The second-order valence-electron chi connectivity index (χ2n) is 6.54. The zero-order valence-electron chi connectivity index (χ0n) is 16.6. The van der Waals surface area contributed by atoms with Crippen LogP contribution >= 0.6 is 0 Å². The van der Waals surface area contributed by atoms with Crippen molar-refractivity contribution < 1.29 is 76.1 Å². The number of esters is 2. The highest BCUT2D eigenvalue weighted by molar-refractivity contribution is 5.90. The summed E-state index contributed by atoms with van der Waals surface area (Å²) in [7, 11) is 0. The minimum Gasteiger partial charge on any atom is -0.462 e. The van der Waals surface area contributed by atoms with Gasteiger partial charge in [0.2, 0.25) is 0 Å². The van der Waals surface area contributed by atoms with E-state index in [-0.39, 0.29) is 5.75 Å². The van der Waals surface area contributed by atoms with Gasteiger partial charge in [-0.2, -0.15) is 57.1 Å². The molecule has 17 heteroatoms. The van der Waals surface area contributed by atoms with E-state index in [9.17, 15) is 66.7 Å². The zero-order chi connectivity index (χ0) is 27.7. The van der Waals surface area contributed by atoms with Crippen LogP contribution in [0.25, 0.3) is 0 Å². The molecule has 35 heavy (non-hydrogen) atoms. The number of rotatable bonds is 10. The van der Waals surface area contributed by atoms with E-state index in [0.717, 1.165) is 24.3 Å². The Labute approximate surface area is 186 Å². The molecule has 0 unspecified atom stereocenters. The Morgan fingerprint density at radius 2 is 1.31 bits per heavy atom. The van der Waals surface area contributed by atoms with Gasteiger partial charge in [0.15, 0.2) is 0 Å². The molecule has 4 nitrogen and oxygen atoms in total. The topological polar surface area (TPSA) is 52.6 Å². The van der Waals surface area contributed by atoms with Crippen molar-refractivity contribution in [2.24, 2.45) is 0 Å². The van der Waals surface area contributed by atoms with Crippen LogP contribution in [-0.2, 0) is 9.53 Å². The van der Waals surface area contributed by atoms with E-state index >= 15 is 0 Å². The highest BCUT2D eigenvalue weighted by Gasteiger charge is 2.90. The molecule has 0 fully saturated rings. The van der Waals surface area contributed by atoms with Gasteiger partial charge in [-0.1, -0.05) is 12.6 Å². The second kappa shape index (κ2) is 9.56. The van der Waals surface area contributed by atoms with Gasteiger partial charge in [0.1, 0.15) is 5.75 Å². The molecule has 0 N–H and O–H groups in total. The maximum atomic E-state index is 13.7. The fourth-order valence-electron chi connectivity index (χ4n) is 2.16. The molecule has 1 rings (SSSR count). The molecule has 0 bridgehead atoms. The lowest BCUT2D eigenvalue weighted by Gasteiger charge is -2.39. The van der Waals surface area contributed by atoms with Crippen LogP contribution in [0.1, 0.15) is 16.8 Å². The molecule has 0 saturated carbocycles. The predicted molar refractivity (Wildman–Crippen MR) is 88.0 cm³/mol. The monoisotopic (exact) mass is 538 g/mol. The molecular formula is C18H11F13O4. The van der Waals surface area contributed by atoms with Crippen molar-refractivity contribution in [3.63, 3.8) is 0 Å². The number of ether oxygens (including phenoxy) is 2. The van der Waals surface area contributed by atoms with Crippen molar-refractivity contribution in [1.82, 2.24) is 0 Å². The lowest BCUT2D eigenvalue weighted by molar-refractivity contribution is -0.440. The molecule has 1 aromatic rings. The molecule has 0 spiro atoms. The third-order valence-electron chi connectivity index (χ3n) is 4.10. The molecule has 0 aromatic heterocycles. The van der Waals surface area contributed by atoms with Crippen molar-refractivity contribution in [2.45, 2.75) is 42.2 Å². The maximum Gasteiger partial charge on any atom is 0.460 e. The van der Waals surface area contributed by atoms with E-state index in [2.05, 4.69) is 16.1 Å². The van der Waals surface area contributed by atoms with Gasteiger partial charge >= 0.3 is 47.7 Å². The lowest BCUT2D eigenvalue weighted by atomic mass is 9.93. The molecule has 1 aromatic carbocycles. The number of carbonyl (C=O) groups is 2. The quantitative estimate of drug-likeness (QED) is 0.157. The van der Waals surface area contributed by atoms with Crippen LogP contribution < -0.4 is 4.74 Å².